The number of carbonyl (C=O) groups is 1. The molecule has 20 heavy (non-hydrogen) atoms. The fourth-order valence-electron chi connectivity index (χ4n) is 3.00. The van der Waals surface area contributed by atoms with Crippen molar-refractivity contribution in [2.45, 2.75) is 19.3 Å². The molecular weight excluding hydrogens is 264 g/mol. The topological polar surface area (TPSA) is 17.1 Å². The van der Waals surface area contributed by atoms with Crippen molar-refractivity contribution in [3.05, 3.63) is 69.4 Å². The molecule has 3 aromatic rings. The van der Waals surface area contributed by atoms with E-state index in [1.165, 1.54) is 16.9 Å². The second-order valence-corrected chi connectivity index (χ2v) is 6.41. The number of ketones is 1. The molecule has 1 nitrogen and oxygen atoms in total. The van der Waals surface area contributed by atoms with E-state index in [9.17, 15) is 4.79 Å². The van der Waals surface area contributed by atoms with Crippen LogP contribution in [-0.2, 0) is 12.8 Å². The first-order chi connectivity index (χ1) is 9.83. The highest BCUT2D eigenvalue weighted by atomic mass is 32.1. The van der Waals surface area contributed by atoms with Crippen LogP contribution in [-0.4, -0.2) is 5.78 Å². The number of benzene rings is 2. The summed E-state index contributed by atoms with van der Waals surface area (Å²) in [7, 11) is 0. The lowest BCUT2D eigenvalue weighted by atomic mass is 10.0. The zero-order valence-electron chi connectivity index (χ0n) is 11.1. The molecular formula is C18H14OS. The maximum atomic E-state index is 12.8. The van der Waals surface area contributed by atoms with Crippen LogP contribution in [0.25, 0.3) is 10.8 Å². The van der Waals surface area contributed by atoms with Crippen molar-refractivity contribution in [3.63, 3.8) is 0 Å². The molecule has 2 heteroatoms. The zero-order valence-corrected chi connectivity index (χ0v) is 11.9. The molecule has 0 saturated carbocycles. The van der Waals surface area contributed by atoms with Gasteiger partial charge >= 0.3 is 0 Å². The molecule has 4 rings (SSSR count). The van der Waals surface area contributed by atoms with Gasteiger partial charge in [0, 0.05) is 10.4 Å². The van der Waals surface area contributed by atoms with Gasteiger partial charge in [-0.2, -0.15) is 0 Å². The molecule has 0 radical (unpaired) electrons. The minimum Gasteiger partial charge on any atom is -0.288 e. The first-order valence-electron chi connectivity index (χ1n) is 6.97. The van der Waals surface area contributed by atoms with Crippen LogP contribution in [0.2, 0.25) is 0 Å². The van der Waals surface area contributed by atoms with Crippen LogP contribution in [0.15, 0.2) is 48.5 Å². The van der Waals surface area contributed by atoms with Crippen LogP contribution >= 0.6 is 11.3 Å². The third kappa shape index (κ3) is 1.80. The van der Waals surface area contributed by atoms with Crippen LogP contribution in [0.5, 0.6) is 0 Å². The predicted molar refractivity (Wildman–Crippen MR) is 83.7 cm³/mol. The van der Waals surface area contributed by atoms with Crippen molar-refractivity contribution in [1.82, 2.24) is 0 Å². The van der Waals surface area contributed by atoms with Gasteiger partial charge in [-0.05, 0) is 41.7 Å². The van der Waals surface area contributed by atoms with Gasteiger partial charge in [0.15, 0.2) is 0 Å². The molecule has 0 bridgehead atoms. The van der Waals surface area contributed by atoms with Crippen LogP contribution in [0.4, 0.5) is 0 Å². The number of hydrogen-bond donors (Lipinski definition) is 0. The van der Waals surface area contributed by atoms with Crippen molar-refractivity contribution >= 4 is 27.9 Å². The largest absolute Gasteiger partial charge is 0.288 e. The van der Waals surface area contributed by atoms with E-state index in [0.29, 0.717) is 0 Å². The Kier molecular flexibility index (Phi) is 2.71. The lowest BCUT2D eigenvalue weighted by Crippen LogP contribution is -1.99. The summed E-state index contributed by atoms with van der Waals surface area (Å²) < 4.78 is 0. The number of fused-ring (bicyclic) bond motifs is 2. The van der Waals surface area contributed by atoms with Crippen molar-refractivity contribution in [3.8, 4) is 0 Å². The highest BCUT2D eigenvalue weighted by Gasteiger charge is 2.20. The van der Waals surface area contributed by atoms with Crippen molar-refractivity contribution < 1.29 is 4.79 Å². The molecule has 0 spiro atoms. The Morgan fingerprint density at radius 2 is 1.85 bits per heavy atom. The van der Waals surface area contributed by atoms with Gasteiger partial charge in [-0.3, -0.25) is 4.79 Å². The van der Waals surface area contributed by atoms with E-state index in [0.717, 1.165) is 34.1 Å². The van der Waals surface area contributed by atoms with E-state index in [1.807, 2.05) is 30.3 Å². The van der Waals surface area contributed by atoms with Gasteiger partial charge in [0.25, 0.3) is 0 Å². The monoisotopic (exact) mass is 278 g/mol. The minimum absolute atomic E-state index is 0.168. The van der Waals surface area contributed by atoms with Crippen LogP contribution in [0, 0.1) is 0 Å². The van der Waals surface area contributed by atoms with Crippen LogP contribution in [0.3, 0.4) is 0 Å². The average Bonchev–Trinajstić information content (AvgIpc) is 3.07. The lowest BCUT2D eigenvalue weighted by molar-refractivity contribution is 0.104. The minimum atomic E-state index is 0.168. The summed E-state index contributed by atoms with van der Waals surface area (Å²) in [4.78, 5) is 15.1. The Bertz CT molecular complexity index is 786. The molecule has 0 N–H and O–H groups in total. The van der Waals surface area contributed by atoms with Crippen molar-refractivity contribution in [2.24, 2.45) is 0 Å². The first kappa shape index (κ1) is 11.9. The zero-order chi connectivity index (χ0) is 13.5. The Balaban J connectivity index is 1.84. The maximum Gasteiger partial charge on any atom is 0.203 e. The molecule has 1 aliphatic rings. The van der Waals surface area contributed by atoms with Gasteiger partial charge in [0.2, 0.25) is 5.78 Å². The summed E-state index contributed by atoms with van der Waals surface area (Å²) >= 11 is 1.68. The third-order valence-corrected chi connectivity index (χ3v) is 5.24. The molecule has 0 aliphatic heterocycles. The summed E-state index contributed by atoms with van der Waals surface area (Å²) in [5.74, 6) is 0.168. The molecule has 1 aliphatic carbocycles. The van der Waals surface area contributed by atoms with Gasteiger partial charge < -0.3 is 0 Å². The summed E-state index contributed by atoms with van der Waals surface area (Å²) in [5, 5.41) is 2.18. The fraction of sp³-hybridized carbons (Fsp3) is 0.167. The van der Waals surface area contributed by atoms with Gasteiger partial charge in [0.1, 0.15) is 0 Å². The van der Waals surface area contributed by atoms with E-state index in [4.69, 9.17) is 0 Å². The second-order valence-electron chi connectivity index (χ2n) is 5.27. The molecule has 0 atom stereocenters. The molecule has 1 heterocycles. The third-order valence-electron chi connectivity index (χ3n) is 4.00. The molecule has 1 aromatic heterocycles. The average molecular weight is 278 g/mol. The number of thiophene rings is 1. The van der Waals surface area contributed by atoms with E-state index in [1.54, 1.807) is 11.3 Å². The molecule has 98 valence electrons. The predicted octanol–water partition coefficient (Wildman–Crippen LogP) is 4.62. The summed E-state index contributed by atoms with van der Waals surface area (Å²) in [5.41, 5.74) is 2.21. The molecule has 2 aromatic carbocycles. The second kappa shape index (κ2) is 4.57. The Morgan fingerprint density at radius 1 is 1.00 bits per heavy atom. The van der Waals surface area contributed by atoms with E-state index in [2.05, 4.69) is 18.2 Å². The van der Waals surface area contributed by atoms with Crippen LogP contribution in [0.1, 0.15) is 32.1 Å². The van der Waals surface area contributed by atoms with Gasteiger partial charge in [0.05, 0.1) is 4.88 Å². The summed E-state index contributed by atoms with van der Waals surface area (Å²) in [6.07, 6.45) is 3.52. The summed E-state index contributed by atoms with van der Waals surface area (Å²) in [6.45, 7) is 0. The van der Waals surface area contributed by atoms with Gasteiger partial charge in [-0.1, -0.05) is 42.5 Å². The molecule has 0 fully saturated rings. The van der Waals surface area contributed by atoms with E-state index in [-0.39, 0.29) is 5.78 Å². The standard InChI is InChI=1S/C18H14OS/c19-18(17-11-13-7-4-10-16(13)20-17)15-9-3-6-12-5-1-2-8-14(12)15/h1-3,5-6,8-9,11H,4,7,10H2. The highest BCUT2D eigenvalue weighted by molar-refractivity contribution is 7.14. The Hall–Kier alpha value is -1.93. The maximum absolute atomic E-state index is 12.8. The van der Waals surface area contributed by atoms with Gasteiger partial charge in [-0.15, -0.1) is 11.3 Å². The van der Waals surface area contributed by atoms with Gasteiger partial charge in [-0.25, -0.2) is 0 Å². The normalized spacial score (nSPS) is 13.6. The first-order valence-corrected chi connectivity index (χ1v) is 7.78. The number of hydrogen-bond acceptors (Lipinski definition) is 2. The molecule has 0 unspecified atom stereocenters. The van der Waals surface area contributed by atoms with E-state index < -0.39 is 0 Å². The SMILES string of the molecule is O=C(c1cc2c(s1)CCC2)c1cccc2ccccc12. The lowest BCUT2D eigenvalue weighted by Gasteiger charge is -2.04. The highest BCUT2D eigenvalue weighted by Crippen LogP contribution is 2.32. The number of aryl methyl sites for hydroxylation is 2. The van der Waals surface area contributed by atoms with Crippen molar-refractivity contribution in [1.29, 1.82) is 0 Å². The van der Waals surface area contributed by atoms with Crippen molar-refractivity contribution in [2.75, 3.05) is 0 Å². The quantitative estimate of drug-likeness (QED) is 0.625. The van der Waals surface area contributed by atoms with Crippen LogP contribution < -0.4 is 0 Å². The van der Waals surface area contributed by atoms with E-state index >= 15 is 0 Å². The fourth-order valence-corrected chi connectivity index (χ4v) is 4.20. The number of rotatable bonds is 2. The number of carbonyl (C=O) groups excluding carboxylic acids is 1. The molecule has 0 amide bonds. The summed E-state index contributed by atoms with van der Waals surface area (Å²) in [6, 6.07) is 16.2. The molecule has 0 saturated heterocycles. The smallest absolute Gasteiger partial charge is 0.203 e. The Labute approximate surface area is 121 Å². The Morgan fingerprint density at radius 3 is 2.75 bits per heavy atom.